The van der Waals surface area contributed by atoms with Crippen LogP contribution in [0.5, 0.6) is 0 Å². The van der Waals surface area contributed by atoms with E-state index >= 15 is 0 Å². The van der Waals surface area contributed by atoms with E-state index in [2.05, 4.69) is 31.2 Å². The van der Waals surface area contributed by atoms with Gasteiger partial charge in [-0.25, -0.2) is 0 Å². The molecular formula is C22H32N4O2. The zero-order chi connectivity index (χ0) is 20.3. The van der Waals surface area contributed by atoms with Crippen molar-refractivity contribution in [1.82, 2.24) is 20.0 Å². The van der Waals surface area contributed by atoms with E-state index in [0.29, 0.717) is 13.1 Å². The van der Waals surface area contributed by atoms with Crippen molar-refractivity contribution in [3.05, 3.63) is 52.3 Å². The van der Waals surface area contributed by atoms with E-state index in [0.717, 1.165) is 30.9 Å². The number of hydrogen-bond donors (Lipinski definition) is 1. The third kappa shape index (κ3) is 4.62. The molecule has 6 nitrogen and oxygen atoms in total. The lowest BCUT2D eigenvalue weighted by molar-refractivity contribution is -0.0586. The summed E-state index contributed by atoms with van der Waals surface area (Å²) >= 11 is 0. The Morgan fingerprint density at radius 3 is 2.36 bits per heavy atom. The average Bonchev–Trinajstić information content (AvgIpc) is 2.94. The van der Waals surface area contributed by atoms with Gasteiger partial charge in [-0.2, -0.15) is 5.10 Å². The van der Waals surface area contributed by atoms with Crippen molar-refractivity contribution in [3.8, 4) is 0 Å². The van der Waals surface area contributed by atoms with Crippen LogP contribution in [0.15, 0.2) is 24.3 Å². The normalized spacial score (nSPS) is 19.8. The van der Waals surface area contributed by atoms with E-state index in [9.17, 15) is 4.79 Å². The summed E-state index contributed by atoms with van der Waals surface area (Å²) in [5.74, 6) is 0.0831. The number of rotatable bonds is 6. The van der Waals surface area contributed by atoms with E-state index in [1.54, 1.807) is 0 Å². The molecule has 152 valence electrons. The summed E-state index contributed by atoms with van der Waals surface area (Å²) in [7, 11) is 0. The van der Waals surface area contributed by atoms with Gasteiger partial charge in [0.15, 0.2) is 0 Å². The highest BCUT2D eigenvalue weighted by atomic mass is 16.5. The van der Waals surface area contributed by atoms with Crippen molar-refractivity contribution in [2.75, 3.05) is 13.1 Å². The van der Waals surface area contributed by atoms with E-state index in [4.69, 9.17) is 4.74 Å². The van der Waals surface area contributed by atoms with Crippen LogP contribution in [0, 0.1) is 13.8 Å². The lowest BCUT2D eigenvalue weighted by atomic mass is 10.1. The van der Waals surface area contributed by atoms with Gasteiger partial charge in [0, 0.05) is 49.5 Å². The fourth-order valence-corrected chi connectivity index (χ4v) is 3.92. The molecule has 1 N–H and O–H groups in total. The number of carbonyl (C=O) groups is 1. The molecule has 2 heterocycles. The molecule has 1 fully saturated rings. The molecule has 1 amide bonds. The number of hydrogen-bond acceptors (Lipinski definition) is 4. The second-order valence-electron chi connectivity index (χ2n) is 7.73. The van der Waals surface area contributed by atoms with Gasteiger partial charge in [-0.05, 0) is 52.3 Å². The zero-order valence-electron chi connectivity index (χ0n) is 17.7. The Hall–Kier alpha value is -2.18. The van der Waals surface area contributed by atoms with Gasteiger partial charge in [0.1, 0.15) is 0 Å². The third-order valence-corrected chi connectivity index (χ3v) is 5.37. The minimum absolute atomic E-state index is 0.0831. The van der Waals surface area contributed by atoms with Gasteiger partial charge in [0.2, 0.25) is 0 Å². The number of nitrogens with zero attached hydrogens (tertiary/aromatic N) is 3. The maximum atomic E-state index is 12.8. The number of benzene rings is 1. The highest BCUT2D eigenvalue weighted by molar-refractivity contribution is 5.94. The largest absolute Gasteiger partial charge is 0.372 e. The Morgan fingerprint density at radius 2 is 1.79 bits per heavy atom. The fourth-order valence-electron chi connectivity index (χ4n) is 3.92. The highest BCUT2D eigenvalue weighted by Gasteiger charge is 2.26. The Morgan fingerprint density at radius 1 is 1.14 bits per heavy atom. The van der Waals surface area contributed by atoms with Crippen LogP contribution >= 0.6 is 0 Å². The van der Waals surface area contributed by atoms with Crippen LogP contribution in [0.2, 0.25) is 0 Å². The van der Waals surface area contributed by atoms with Gasteiger partial charge in [-0.3, -0.25) is 9.48 Å². The molecule has 1 aromatic heterocycles. The molecule has 2 atom stereocenters. The Labute approximate surface area is 167 Å². The van der Waals surface area contributed by atoms with Crippen LogP contribution in [-0.4, -0.2) is 45.9 Å². The van der Waals surface area contributed by atoms with E-state index in [-0.39, 0.29) is 18.1 Å². The van der Waals surface area contributed by atoms with Crippen LogP contribution in [0.3, 0.4) is 0 Å². The summed E-state index contributed by atoms with van der Waals surface area (Å²) in [6, 6.07) is 7.91. The minimum atomic E-state index is 0.0831. The zero-order valence-corrected chi connectivity index (χ0v) is 17.7. The molecule has 0 unspecified atom stereocenters. The average molecular weight is 385 g/mol. The predicted molar refractivity (Wildman–Crippen MR) is 110 cm³/mol. The molecule has 1 aliphatic heterocycles. The van der Waals surface area contributed by atoms with Crippen LogP contribution < -0.4 is 5.32 Å². The molecule has 0 bridgehead atoms. The third-order valence-electron chi connectivity index (χ3n) is 5.37. The molecule has 28 heavy (non-hydrogen) atoms. The summed E-state index contributed by atoms with van der Waals surface area (Å²) in [6.45, 7) is 14.1. The number of carbonyl (C=O) groups excluding carboxylic acids is 1. The van der Waals surface area contributed by atoms with Crippen molar-refractivity contribution in [1.29, 1.82) is 0 Å². The fraction of sp³-hybridized carbons (Fsp3) is 0.545. The van der Waals surface area contributed by atoms with Crippen molar-refractivity contribution in [3.63, 3.8) is 0 Å². The van der Waals surface area contributed by atoms with Gasteiger partial charge in [0.05, 0.1) is 17.9 Å². The SMILES string of the molecule is CCn1nc(C)c(CNCc2ccc(C(=O)N3C[C@@H](C)O[C@H](C)C3)cc2)c1C. The van der Waals surface area contributed by atoms with Crippen LogP contribution in [0.25, 0.3) is 0 Å². The first-order chi connectivity index (χ1) is 13.4. The quantitative estimate of drug-likeness (QED) is 0.832. The molecular weight excluding hydrogens is 352 g/mol. The summed E-state index contributed by atoms with van der Waals surface area (Å²) in [5, 5.41) is 8.06. The van der Waals surface area contributed by atoms with Crippen LogP contribution in [0.4, 0.5) is 0 Å². The van der Waals surface area contributed by atoms with Gasteiger partial charge in [0.25, 0.3) is 5.91 Å². The Balaban J connectivity index is 1.56. The van der Waals surface area contributed by atoms with Crippen molar-refractivity contribution in [2.24, 2.45) is 0 Å². The first kappa shape index (κ1) is 20.6. The molecule has 0 spiro atoms. The molecule has 1 saturated heterocycles. The maximum absolute atomic E-state index is 12.8. The number of amides is 1. The number of ether oxygens (including phenoxy) is 1. The molecule has 0 radical (unpaired) electrons. The van der Waals surface area contributed by atoms with Crippen molar-refractivity contribution < 1.29 is 9.53 Å². The van der Waals surface area contributed by atoms with Gasteiger partial charge >= 0.3 is 0 Å². The molecule has 0 saturated carbocycles. The van der Waals surface area contributed by atoms with Gasteiger partial charge < -0.3 is 15.0 Å². The first-order valence-electron chi connectivity index (χ1n) is 10.2. The maximum Gasteiger partial charge on any atom is 0.254 e. The Kier molecular flexibility index (Phi) is 6.52. The first-order valence-corrected chi connectivity index (χ1v) is 10.2. The van der Waals surface area contributed by atoms with Crippen molar-refractivity contribution >= 4 is 5.91 Å². The predicted octanol–water partition coefficient (Wildman–Crippen LogP) is 3.06. The van der Waals surface area contributed by atoms with Crippen LogP contribution in [0.1, 0.15) is 53.6 Å². The summed E-state index contributed by atoms with van der Waals surface area (Å²) in [4.78, 5) is 14.6. The standard InChI is InChI=1S/C22H32N4O2/c1-6-26-18(5)21(17(4)24-26)12-23-11-19-7-9-20(10-8-19)22(27)25-13-15(2)28-16(3)14-25/h7-10,15-16,23H,6,11-14H2,1-5H3/t15-,16-/m1/s1. The second kappa shape index (κ2) is 8.88. The monoisotopic (exact) mass is 384 g/mol. The molecule has 3 rings (SSSR count). The smallest absolute Gasteiger partial charge is 0.254 e. The molecule has 0 aliphatic carbocycles. The summed E-state index contributed by atoms with van der Waals surface area (Å²) in [5.41, 5.74) is 5.48. The number of aromatic nitrogens is 2. The van der Waals surface area contributed by atoms with E-state index < -0.39 is 0 Å². The molecule has 2 aromatic rings. The van der Waals surface area contributed by atoms with Crippen LogP contribution in [-0.2, 0) is 24.4 Å². The highest BCUT2D eigenvalue weighted by Crippen LogP contribution is 2.16. The number of nitrogens with one attached hydrogen (secondary N) is 1. The summed E-state index contributed by atoms with van der Waals surface area (Å²) in [6.07, 6.45) is 0.167. The Bertz CT molecular complexity index is 803. The molecule has 6 heteroatoms. The minimum Gasteiger partial charge on any atom is -0.372 e. The molecule has 1 aromatic carbocycles. The van der Waals surface area contributed by atoms with Gasteiger partial charge in [-0.1, -0.05) is 12.1 Å². The van der Waals surface area contributed by atoms with E-state index in [1.807, 2.05) is 47.7 Å². The topological polar surface area (TPSA) is 59.4 Å². The van der Waals surface area contributed by atoms with Crippen molar-refractivity contribution in [2.45, 2.75) is 66.5 Å². The van der Waals surface area contributed by atoms with E-state index in [1.165, 1.54) is 16.8 Å². The molecule has 1 aliphatic rings. The lowest BCUT2D eigenvalue weighted by Gasteiger charge is -2.35. The lowest BCUT2D eigenvalue weighted by Crippen LogP contribution is -2.48. The number of morpholine rings is 1. The second-order valence-corrected chi connectivity index (χ2v) is 7.73. The summed E-state index contributed by atoms with van der Waals surface area (Å²) < 4.78 is 7.76. The number of aryl methyl sites for hydroxylation is 2. The van der Waals surface area contributed by atoms with Gasteiger partial charge in [-0.15, -0.1) is 0 Å².